The summed E-state index contributed by atoms with van der Waals surface area (Å²) in [6, 6.07) is -0.254. The summed E-state index contributed by atoms with van der Waals surface area (Å²) in [5.74, 6) is 0.191. The Bertz CT molecular complexity index is 350. The third-order valence-electron chi connectivity index (χ3n) is 2.34. The first kappa shape index (κ1) is 12.3. The average molecular weight is 234 g/mol. The lowest BCUT2D eigenvalue weighted by Gasteiger charge is -2.24. The van der Waals surface area contributed by atoms with E-state index in [9.17, 15) is 13.2 Å². The van der Waals surface area contributed by atoms with E-state index in [0.717, 1.165) is 0 Å². The van der Waals surface area contributed by atoms with Crippen LogP contribution in [-0.2, 0) is 9.84 Å². The number of rotatable bonds is 2. The number of urea groups is 1. The molecular formula is C9H18N2O3S. The summed E-state index contributed by atoms with van der Waals surface area (Å²) < 4.78 is 22.6. The molecule has 1 aliphatic rings. The number of nitrogens with one attached hydrogen (secondary N) is 2. The fourth-order valence-corrected chi connectivity index (χ4v) is 3.77. The standard InChI is InChI=1S/C9H18N2O3S/c1-7(2)10-8(12)11-9(3)4-5-15(13,14)6-9/h7H,4-6H2,1-3H3,(H2,10,11,12). The topological polar surface area (TPSA) is 75.3 Å². The molecule has 0 bridgehead atoms. The van der Waals surface area contributed by atoms with E-state index in [4.69, 9.17) is 0 Å². The molecule has 0 radical (unpaired) electrons. The molecule has 0 aromatic heterocycles. The van der Waals surface area contributed by atoms with Crippen LogP contribution in [0.3, 0.4) is 0 Å². The molecule has 0 aliphatic carbocycles. The summed E-state index contributed by atoms with van der Waals surface area (Å²) in [5, 5.41) is 5.39. The molecule has 0 saturated carbocycles. The molecule has 15 heavy (non-hydrogen) atoms. The molecule has 88 valence electrons. The summed E-state index contributed by atoms with van der Waals surface area (Å²) in [7, 11) is -2.97. The molecule has 1 heterocycles. The van der Waals surface area contributed by atoms with Gasteiger partial charge in [-0.05, 0) is 27.2 Å². The van der Waals surface area contributed by atoms with Gasteiger partial charge in [-0.25, -0.2) is 13.2 Å². The highest BCUT2D eigenvalue weighted by molar-refractivity contribution is 7.91. The predicted octanol–water partition coefficient (Wildman–Crippen LogP) is 0.271. The normalized spacial score (nSPS) is 29.1. The van der Waals surface area contributed by atoms with Crippen molar-refractivity contribution in [3.8, 4) is 0 Å². The SMILES string of the molecule is CC(C)NC(=O)NC1(C)CCS(=O)(=O)C1. The first-order valence-electron chi connectivity index (χ1n) is 5.02. The van der Waals surface area contributed by atoms with Crippen molar-refractivity contribution in [2.24, 2.45) is 0 Å². The van der Waals surface area contributed by atoms with Gasteiger partial charge in [0.1, 0.15) is 0 Å². The second-order valence-corrected chi connectivity index (χ2v) is 6.84. The lowest BCUT2D eigenvalue weighted by Crippen LogP contribution is -2.52. The quantitative estimate of drug-likeness (QED) is 0.720. The van der Waals surface area contributed by atoms with Gasteiger partial charge in [0.25, 0.3) is 0 Å². The number of carbonyl (C=O) groups is 1. The van der Waals surface area contributed by atoms with Crippen molar-refractivity contribution in [3.05, 3.63) is 0 Å². The number of amides is 2. The van der Waals surface area contributed by atoms with Crippen LogP contribution < -0.4 is 10.6 Å². The summed E-state index contributed by atoms with van der Waals surface area (Å²) in [4.78, 5) is 11.4. The molecule has 1 atom stereocenters. The van der Waals surface area contributed by atoms with Crippen LogP contribution in [0, 0.1) is 0 Å². The average Bonchev–Trinajstić information content (AvgIpc) is 2.22. The Balaban J connectivity index is 2.55. The van der Waals surface area contributed by atoms with E-state index in [1.54, 1.807) is 6.92 Å². The van der Waals surface area contributed by atoms with Crippen molar-refractivity contribution in [1.29, 1.82) is 0 Å². The number of carbonyl (C=O) groups excluding carboxylic acids is 1. The maximum Gasteiger partial charge on any atom is 0.315 e. The van der Waals surface area contributed by atoms with E-state index in [0.29, 0.717) is 6.42 Å². The molecular weight excluding hydrogens is 216 g/mol. The van der Waals surface area contributed by atoms with Gasteiger partial charge in [0, 0.05) is 6.04 Å². The van der Waals surface area contributed by atoms with Crippen LogP contribution in [0.2, 0.25) is 0 Å². The Morgan fingerprint density at radius 3 is 2.40 bits per heavy atom. The molecule has 1 saturated heterocycles. The minimum atomic E-state index is -2.97. The van der Waals surface area contributed by atoms with Crippen LogP contribution in [0.1, 0.15) is 27.2 Å². The van der Waals surface area contributed by atoms with Gasteiger partial charge in [0.05, 0.1) is 17.0 Å². The molecule has 2 amide bonds. The lowest BCUT2D eigenvalue weighted by molar-refractivity contribution is 0.228. The van der Waals surface area contributed by atoms with E-state index in [2.05, 4.69) is 10.6 Å². The van der Waals surface area contributed by atoms with Crippen LogP contribution in [0.25, 0.3) is 0 Å². The molecule has 1 unspecified atom stereocenters. The van der Waals surface area contributed by atoms with E-state index >= 15 is 0 Å². The third-order valence-corrected chi connectivity index (χ3v) is 4.24. The molecule has 0 aromatic carbocycles. The fourth-order valence-electron chi connectivity index (χ4n) is 1.68. The summed E-state index contributed by atoms with van der Waals surface area (Å²) in [6.45, 7) is 5.47. The van der Waals surface area contributed by atoms with Crippen molar-refractivity contribution >= 4 is 15.9 Å². The van der Waals surface area contributed by atoms with Crippen molar-refractivity contribution in [1.82, 2.24) is 10.6 Å². The Morgan fingerprint density at radius 2 is 2.00 bits per heavy atom. The number of hydrogen-bond acceptors (Lipinski definition) is 3. The van der Waals surface area contributed by atoms with Gasteiger partial charge >= 0.3 is 6.03 Å². The molecule has 5 nitrogen and oxygen atoms in total. The van der Waals surface area contributed by atoms with Gasteiger partial charge in [0.15, 0.2) is 9.84 Å². The van der Waals surface area contributed by atoms with Gasteiger partial charge in [-0.15, -0.1) is 0 Å². The second kappa shape index (κ2) is 4.00. The highest BCUT2D eigenvalue weighted by atomic mass is 32.2. The predicted molar refractivity (Wildman–Crippen MR) is 58.5 cm³/mol. The van der Waals surface area contributed by atoms with Crippen molar-refractivity contribution < 1.29 is 13.2 Å². The first-order chi connectivity index (χ1) is 6.72. The van der Waals surface area contributed by atoms with Gasteiger partial charge < -0.3 is 10.6 Å². The van der Waals surface area contributed by atoms with Crippen LogP contribution in [0.4, 0.5) is 4.79 Å². The molecule has 1 aliphatic heterocycles. The minimum absolute atomic E-state index is 0.0332. The van der Waals surface area contributed by atoms with Crippen LogP contribution in [0.15, 0.2) is 0 Å². The molecule has 2 N–H and O–H groups in total. The van der Waals surface area contributed by atoms with Crippen LogP contribution in [-0.4, -0.2) is 37.5 Å². The number of hydrogen-bond donors (Lipinski definition) is 2. The van der Waals surface area contributed by atoms with Crippen molar-refractivity contribution in [2.45, 2.75) is 38.8 Å². The van der Waals surface area contributed by atoms with E-state index in [1.165, 1.54) is 0 Å². The number of sulfone groups is 1. The first-order valence-corrected chi connectivity index (χ1v) is 6.84. The zero-order valence-electron chi connectivity index (χ0n) is 9.33. The summed E-state index contributed by atoms with van der Waals surface area (Å²) >= 11 is 0. The largest absolute Gasteiger partial charge is 0.336 e. The van der Waals surface area contributed by atoms with Crippen molar-refractivity contribution in [3.63, 3.8) is 0 Å². The van der Waals surface area contributed by atoms with Gasteiger partial charge in [0.2, 0.25) is 0 Å². The van der Waals surface area contributed by atoms with E-state index in [1.807, 2.05) is 13.8 Å². The van der Waals surface area contributed by atoms with E-state index < -0.39 is 15.4 Å². The Labute approximate surface area is 90.5 Å². The van der Waals surface area contributed by atoms with Crippen LogP contribution >= 0.6 is 0 Å². The summed E-state index contributed by atoms with van der Waals surface area (Å²) in [5.41, 5.74) is -0.613. The third kappa shape index (κ3) is 3.70. The highest BCUT2D eigenvalue weighted by Crippen LogP contribution is 2.22. The Kier molecular flexibility index (Phi) is 3.28. The molecule has 1 fully saturated rings. The lowest BCUT2D eigenvalue weighted by atomic mass is 10.0. The zero-order chi connectivity index (χ0) is 11.7. The Hall–Kier alpha value is -0.780. The minimum Gasteiger partial charge on any atom is -0.336 e. The van der Waals surface area contributed by atoms with Gasteiger partial charge in [-0.3, -0.25) is 0 Å². The zero-order valence-corrected chi connectivity index (χ0v) is 10.1. The van der Waals surface area contributed by atoms with Crippen molar-refractivity contribution in [2.75, 3.05) is 11.5 Å². The maximum atomic E-state index is 11.4. The van der Waals surface area contributed by atoms with E-state index in [-0.39, 0.29) is 23.6 Å². The summed E-state index contributed by atoms with van der Waals surface area (Å²) in [6.07, 6.45) is 0.487. The molecule has 1 rings (SSSR count). The highest BCUT2D eigenvalue weighted by Gasteiger charge is 2.39. The monoisotopic (exact) mass is 234 g/mol. The van der Waals surface area contributed by atoms with Gasteiger partial charge in [-0.1, -0.05) is 0 Å². The van der Waals surface area contributed by atoms with Gasteiger partial charge in [-0.2, -0.15) is 0 Å². The molecule has 6 heteroatoms. The smallest absolute Gasteiger partial charge is 0.315 e. The van der Waals surface area contributed by atoms with Crippen LogP contribution in [0.5, 0.6) is 0 Å². The molecule has 0 aromatic rings. The fraction of sp³-hybridized carbons (Fsp3) is 0.889. The maximum absolute atomic E-state index is 11.4. The Morgan fingerprint density at radius 1 is 1.40 bits per heavy atom. The molecule has 0 spiro atoms. The second-order valence-electron chi connectivity index (χ2n) is 4.66.